The number of aromatic nitrogens is 1. The highest BCUT2D eigenvalue weighted by atomic mass is 35.5. The van der Waals surface area contributed by atoms with Gasteiger partial charge in [-0.05, 0) is 29.8 Å². The Hall–Kier alpha value is -2.79. The van der Waals surface area contributed by atoms with Gasteiger partial charge in [0.15, 0.2) is 0 Å². The second-order valence-corrected chi connectivity index (χ2v) is 7.18. The zero-order valence-corrected chi connectivity index (χ0v) is 15.6. The molecule has 1 aliphatic heterocycles. The van der Waals surface area contributed by atoms with Gasteiger partial charge in [-0.25, -0.2) is 0 Å². The molecule has 0 aliphatic carbocycles. The Morgan fingerprint density at radius 2 is 1.59 bits per heavy atom. The summed E-state index contributed by atoms with van der Waals surface area (Å²) in [4.78, 5) is 32.1. The molecule has 2 aromatic carbocycles. The second-order valence-electron chi connectivity index (χ2n) is 6.75. The van der Waals surface area contributed by atoms with Crippen molar-refractivity contribution >= 4 is 34.3 Å². The fourth-order valence-electron chi connectivity index (χ4n) is 3.41. The summed E-state index contributed by atoms with van der Waals surface area (Å²) in [7, 11) is 0. The number of piperazine rings is 1. The summed E-state index contributed by atoms with van der Waals surface area (Å²) < 4.78 is 0. The number of nitrogens with zero attached hydrogens (tertiary/aromatic N) is 2. The number of para-hydroxylation sites is 1. The van der Waals surface area contributed by atoms with Crippen molar-refractivity contribution in [2.75, 3.05) is 26.2 Å². The van der Waals surface area contributed by atoms with E-state index in [-0.39, 0.29) is 11.8 Å². The number of fused-ring (bicyclic) bond motifs is 1. The molecule has 138 valence electrons. The van der Waals surface area contributed by atoms with E-state index >= 15 is 0 Å². The molecule has 0 atom stereocenters. The van der Waals surface area contributed by atoms with Gasteiger partial charge in [0.25, 0.3) is 5.91 Å². The van der Waals surface area contributed by atoms with E-state index in [1.54, 1.807) is 17.0 Å². The summed E-state index contributed by atoms with van der Waals surface area (Å²) in [6.07, 6.45) is 0.354. The molecule has 0 bridgehead atoms. The van der Waals surface area contributed by atoms with E-state index in [2.05, 4.69) is 4.98 Å². The molecule has 27 heavy (non-hydrogen) atoms. The normalized spacial score (nSPS) is 14.6. The molecule has 1 aromatic heterocycles. The van der Waals surface area contributed by atoms with Crippen molar-refractivity contribution in [2.24, 2.45) is 0 Å². The molecule has 1 aliphatic rings. The number of carbonyl (C=O) groups is 2. The molecule has 0 saturated carbocycles. The van der Waals surface area contributed by atoms with Crippen molar-refractivity contribution in [1.82, 2.24) is 14.8 Å². The summed E-state index contributed by atoms with van der Waals surface area (Å²) >= 11 is 5.88. The largest absolute Gasteiger partial charge is 0.351 e. The summed E-state index contributed by atoms with van der Waals surface area (Å²) in [5.74, 6) is 0.0611. The molecule has 3 aromatic rings. The number of aromatic amines is 1. The summed E-state index contributed by atoms with van der Waals surface area (Å²) in [6.45, 7) is 2.19. The average molecular weight is 382 g/mol. The van der Waals surface area contributed by atoms with E-state index in [9.17, 15) is 9.59 Å². The van der Waals surface area contributed by atoms with Crippen LogP contribution in [0.3, 0.4) is 0 Å². The van der Waals surface area contributed by atoms with Gasteiger partial charge < -0.3 is 14.8 Å². The van der Waals surface area contributed by atoms with E-state index in [1.165, 1.54) is 0 Å². The van der Waals surface area contributed by atoms with Crippen LogP contribution in [0.4, 0.5) is 0 Å². The monoisotopic (exact) mass is 381 g/mol. The molecule has 1 saturated heterocycles. The number of nitrogens with one attached hydrogen (secondary N) is 1. The highest BCUT2D eigenvalue weighted by molar-refractivity contribution is 6.30. The lowest BCUT2D eigenvalue weighted by molar-refractivity contribution is -0.131. The van der Waals surface area contributed by atoms with E-state index in [0.29, 0.717) is 43.3 Å². The molecule has 1 N–H and O–H groups in total. The van der Waals surface area contributed by atoms with Gasteiger partial charge in [0, 0.05) is 42.1 Å². The molecule has 4 rings (SSSR count). The minimum absolute atomic E-state index is 0.0176. The summed E-state index contributed by atoms with van der Waals surface area (Å²) in [6, 6.07) is 17.0. The van der Waals surface area contributed by atoms with Crippen LogP contribution in [0.5, 0.6) is 0 Å². The minimum atomic E-state index is -0.0176. The topological polar surface area (TPSA) is 56.4 Å². The Morgan fingerprint density at radius 3 is 2.30 bits per heavy atom. The van der Waals surface area contributed by atoms with E-state index in [0.717, 1.165) is 16.5 Å². The van der Waals surface area contributed by atoms with Crippen molar-refractivity contribution in [1.29, 1.82) is 0 Å². The zero-order chi connectivity index (χ0) is 18.8. The van der Waals surface area contributed by atoms with Crippen molar-refractivity contribution < 1.29 is 9.59 Å². The van der Waals surface area contributed by atoms with Crippen LogP contribution in [0.15, 0.2) is 54.6 Å². The highest BCUT2D eigenvalue weighted by Crippen LogP contribution is 2.17. The zero-order valence-electron chi connectivity index (χ0n) is 14.8. The second kappa shape index (κ2) is 7.45. The fourth-order valence-corrected chi connectivity index (χ4v) is 3.53. The Bertz CT molecular complexity index is 940. The van der Waals surface area contributed by atoms with Crippen molar-refractivity contribution in [2.45, 2.75) is 6.42 Å². The van der Waals surface area contributed by atoms with Crippen molar-refractivity contribution in [3.05, 3.63) is 70.9 Å². The lowest BCUT2D eigenvalue weighted by atomic mass is 10.1. The molecule has 0 spiro atoms. The summed E-state index contributed by atoms with van der Waals surface area (Å²) in [5, 5.41) is 1.69. The standard InChI is InChI=1S/C21H20ClN3O2/c22-17-7-5-15(6-8-17)13-20(26)24-9-11-25(12-10-24)21(27)19-14-16-3-1-2-4-18(16)23-19/h1-8,14,23H,9-13H2. The molecule has 2 heterocycles. The number of benzene rings is 2. The average Bonchev–Trinajstić information content (AvgIpc) is 3.13. The van der Waals surface area contributed by atoms with Gasteiger partial charge in [-0.3, -0.25) is 9.59 Å². The first-order valence-corrected chi connectivity index (χ1v) is 9.37. The van der Waals surface area contributed by atoms with Gasteiger partial charge in [-0.2, -0.15) is 0 Å². The third-order valence-electron chi connectivity index (χ3n) is 4.95. The van der Waals surface area contributed by atoms with Crippen LogP contribution in [-0.4, -0.2) is 52.8 Å². The maximum Gasteiger partial charge on any atom is 0.270 e. The number of halogens is 1. The minimum Gasteiger partial charge on any atom is -0.351 e. The molecular formula is C21H20ClN3O2. The lowest BCUT2D eigenvalue weighted by Crippen LogP contribution is -2.51. The van der Waals surface area contributed by atoms with Gasteiger partial charge >= 0.3 is 0 Å². The van der Waals surface area contributed by atoms with Crippen LogP contribution >= 0.6 is 11.6 Å². The smallest absolute Gasteiger partial charge is 0.270 e. The van der Waals surface area contributed by atoms with Gasteiger partial charge in [-0.1, -0.05) is 41.9 Å². The van der Waals surface area contributed by atoms with Crippen LogP contribution in [0.2, 0.25) is 5.02 Å². The number of hydrogen-bond donors (Lipinski definition) is 1. The van der Waals surface area contributed by atoms with E-state index in [1.807, 2.05) is 47.4 Å². The van der Waals surface area contributed by atoms with Gasteiger partial charge in [0.1, 0.15) is 5.69 Å². The summed E-state index contributed by atoms with van der Waals surface area (Å²) in [5.41, 5.74) is 2.50. The number of carbonyl (C=O) groups excluding carboxylic acids is 2. The van der Waals surface area contributed by atoms with Gasteiger partial charge in [0.05, 0.1) is 6.42 Å². The Morgan fingerprint density at radius 1 is 0.926 bits per heavy atom. The number of hydrogen-bond acceptors (Lipinski definition) is 2. The molecule has 0 radical (unpaired) electrons. The molecule has 1 fully saturated rings. The SMILES string of the molecule is O=C(Cc1ccc(Cl)cc1)N1CCN(C(=O)c2cc3ccccc3[nH]2)CC1. The van der Waals surface area contributed by atoms with Gasteiger partial charge in [0.2, 0.25) is 5.91 Å². The van der Waals surface area contributed by atoms with E-state index in [4.69, 9.17) is 11.6 Å². The predicted molar refractivity (Wildman–Crippen MR) is 106 cm³/mol. The van der Waals surface area contributed by atoms with Crippen LogP contribution in [0, 0.1) is 0 Å². The lowest BCUT2D eigenvalue weighted by Gasteiger charge is -2.34. The number of amides is 2. The van der Waals surface area contributed by atoms with Crippen LogP contribution in [0.25, 0.3) is 10.9 Å². The first-order chi connectivity index (χ1) is 13.1. The highest BCUT2D eigenvalue weighted by Gasteiger charge is 2.25. The molecule has 0 unspecified atom stereocenters. The number of rotatable bonds is 3. The van der Waals surface area contributed by atoms with Crippen molar-refractivity contribution in [3.8, 4) is 0 Å². The Balaban J connectivity index is 1.35. The molecular weight excluding hydrogens is 362 g/mol. The first-order valence-electron chi connectivity index (χ1n) is 8.99. The third-order valence-corrected chi connectivity index (χ3v) is 5.20. The Kier molecular flexibility index (Phi) is 4.86. The van der Waals surface area contributed by atoms with Crippen LogP contribution in [-0.2, 0) is 11.2 Å². The van der Waals surface area contributed by atoms with Crippen molar-refractivity contribution in [3.63, 3.8) is 0 Å². The molecule has 5 nitrogen and oxygen atoms in total. The number of H-pyrrole nitrogens is 1. The molecule has 6 heteroatoms. The van der Waals surface area contributed by atoms with Crippen LogP contribution < -0.4 is 0 Å². The van der Waals surface area contributed by atoms with Gasteiger partial charge in [-0.15, -0.1) is 0 Å². The van der Waals surface area contributed by atoms with E-state index < -0.39 is 0 Å². The quantitative estimate of drug-likeness (QED) is 0.756. The fraction of sp³-hybridized carbons (Fsp3) is 0.238. The maximum atomic E-state index is 12.7. The Labute approximate surface area is 162 Å². The first kappa shape index (κ1) is 17.6. The molecule has 2 amide bonds. The predicted octanol–water partition coefficient (Wildman–Crippen LogP) is 3.35. The van der Waals surface area contributed by atoms with Crippen LogP contribution in [0.1, 0.15) is 16.1 Å². The maximum absolute atomic E-state index is 12.7. The third kappa shape index (κ3) is 3.83.